The van der Waals surface area contributed by atoms with Gasteiger partial charge in [-0.1, -0.05) is 0 Å². The Hall–Kier alpha value is -3.08. The third kappa shape index (κ3) is 4.66. The molecule has 0 spiro atoms. The first kappa shape index (κ1) is 21.2. The number of benzene rings is 1. The van der Waals surface area contributed by atoms with Gasteiger partial charge in [0.1, 0.15) is 12.4 Å². The van der Waals surface area contributed by atoms with Crippen molar-refractivity contribution in [3.8, 4) is 5.88 Å². The van der Waals surface area contributed by atoms with Crippen LogP contribution in [0.2, 0.25) is 0 Å². The first-order valence-corrected chi connectivity index (χ1v) is 9.91. The summed E-state index contributed by atoms with van der Waals surface area (Å²) >= 11 is 0. The Bertz CT molecular complexity index is 1020. The number of rotatable bonds is 5. The van der Waals surface area contributed by atoms with Gasteiger partial charge in [-0.25, -0.2) is 18.0 Å². The Morgan fingerprint density at radius 2 is 1.77 bits per heavy atom. The van der Waals surface area contributed by atoms with E-state index >= 15 is 0 Å². The second-order valence-corrected chi connectivity index (χ2v) is 7.32. The third-order valence-corrected chi connectivity index (χ3v) is 5.22. The van der Waals surface area contributed by atoms with E-state index in [1.807, 2.05) is 0 Å². The molecule has 0 saturated carbocycles. The van der Waals surface area contributed by atoms with E-state index in [4.69, 9.17) is 9.47 Å². The van der Waals surface area contributed by atoms with Gasteiger partial charge in [-0.2, -0.15) is 4.98 Å². The van der Waals surface area contributed by atoms with Crippen LogP contribution in [0.3, 0.4) is 0 Å². The molecule has 166 valence electrons. The topological polar surface area (TPSA) is 76.9 Å². The van der Waals surface area contributed by atoms with E-state index in [9.17, 15) is 22.8 Å². The monoisotopic (exact) mass is 438 g/mol. The molecular weight excluding hydrogens is 417 g/mol. The number of morpholine rings is 1. The average molecular weight is 438 g/mol. The number of anilines is 1. The molecule has 0 unspecified atom stereocenters. The molecule has 3 heterocycles. The third-order valence-electron chi connectivity index (χ3n) is 5.22. The lowest BCUT2D eigenvalue weighted by molar-refractivity contribution is -0.133. The van der Waals surface area contributed by atoms with Gasteiger partial charge >= 0.3 is 5.69 Å². The summed E-state index contributed by atoms with van der Waals surface area (Å²) in [6.45, 7) is 2.85. The maximum Gasteiger partial charge on any atom is 0.352 e. The molecule has 1 aromatic carbocycles. The average Bonchev–Trinajstić information content (AvgIpc) is 2.77. The van der Waals surface area contributed by atoms with Gasteiger partial charge in [-0.15, -0.1) is 0 Å². The van der Waals surface area contributed by atoms with Crippen molar-refractivity contribution in [1.29, 1.82) is 0 Å². The van der Waals surface area contributed by atoms with Crippen molar-refractivity contribution in [2.24, 2.45) is 0 Å². The first-order chi connectivity index (χ1) is 14.9. The Kier molecular flexibility index (Phi) is 6.12. The molecule has 2 aliphatic rings. The molecule has 0 aliphatic carbocycles. The van der Waals surface area contributed by atoms with Gasteiger partial charge in [0, 0.05) is 32.2 Å². The zero-order chi connectivity index (χ0) is 22.0. The first-order valence-electron chi connectivity index (χ1n) is 9.91. The van der Waals surface area contributed by atoms with Crippen LogP contribution in [0.15, 0.2) is 23.0 Å². The molecule has 2 aromatic rings. The minimum absolute atomic E-state index is 0.0490. The number of carbonyl (C=O) groups excluding carboxylic acids is 1. The van der Waals surface area contributed by atoms with E-state index in [1.165, 1.54) is 10.6 Å². The maximum absolute atomic E-state index is 13.4. The number of nitrogens with zero attached hydrogens (tertiary/aromatic N) is 4. The van der Waals surface area contributed by atoms with Gasteiger partial charge in [-0.3, -0.25) is 9.36 Å². The molecule has 0 N–H and O–H groups in total. The molecule has 0 atom stereocenters. The smallest absolute Gasteiger partial charge is 0.352 e. The number of amides is 1. The zero-order valence-electron chi connectivity index (χ0n) is 16.7. The lowest BCUT2D eigenvalue weighted by Gasteiger charge is -2.34. The second-order valence-electron chi connectivity index (χ2n) is 7.32. The van der Waals surface area contributed by atoms with Crippen LogP contribution in [0.1, 0.15) is 12.0 Å². The van der Waals surface area contributed by atoms with E-state index in [1.54, 1.807) is 9.80 Å². The molecule has 4 rings (SSSR count). The van der Waals surface area contributed by atoms with Crippen LogP contribution in [0, 0.1) is 17.5 Å². The van der Waals surface area contributed by atoms with Crippen molar-refractivity contribution < 1.29 is 27.4 Å². The van der Waals surface area contributed by atoms with Crippen molar-refractivity contribution in [2.45, 2.75) is 19.6 Å². The number of ether oxygens (including phenoxy) is 2. The predicted molar refractivity (Wildman–Crippen MR) is 103 cm³/mol. The summed E-state index contributed by atoms with van der Waals surface area (Å²) in [7, 11) is 0. The summed E-state index contributed by atoms with van der Waals surface area (Å²) in [6, 6.07) is 3.15. The van der Waals surface area contributed by atoms with Crippen molar-refractivity contribution >= 4 is 11.7 Å². The van der Waals surface area contributed by atoms with Crippen LogP contribution < -0.4 is 15.3 Å². The summed E-state index contributed by atoms with van der Waals surface area (Å²) < 4.78 is 52.1. The molecule has 31 heavy (non-hydrogen) atoms. The number of hydrogen-bond acceptors (Lipinski definition) is 6. The van der Waals surface area contributed by atoms with Gasteiger partial charge in [0.15, 0.2) is 17.5 Å². The standard InChI is InChI=1S/C20H21F3N4O4/c21-14-8-13(9-15(22)19(14)23)12-31-16-10-17-26(2-1-3-27(17)20(29)24-16)11-18(28)25-4-6-30-7-5-25/h8-10H,1-7,11-12H2. The lowest BCUT2D eigenvalue weighted by atomic mass is 10.2. The summed E-state index contributed by atoms with van der Waals surface area (Å²) in [5.41, 5.74) is -0.497. The Balaban J connectivity index is 1.51. The lowest BCUT2D eigenvalue weighted by Crippen LogP contribution is -2.48. The summed E-state index contributed by atoms with van der Waals surface area (Å²) in [5, 5.41) is 0. The highest BCUT2D eigenvalue weighted by atomic mass is 19.2. The van der Waals surface area contributed by atoms with Crippen LogP contribution in [-0.2, 0) is 22.7 Å². The Morgan fingerprint density at radius 3 is 2.48 bits per heavy atom. The second kappa shape index (κ2) is 8.96. The number of hydrogen-bond donors (Lipinski definition) is 0. The highest BCUT2D eigenvalue weighted by Gasteiger charge is 2.25. The molecule has 1 aromatic heterocycles. The number of aromatic nitrogens is 2. The Labute approximate surface area is 175 Å². The van der Waals surface area contributed by atoms with Crippen molar-refractivity contribution in [3.63, 3.8) is 0 Å². The van der Waals surface area contributed by atoms with Crippen LogP contribution in [-0.4, -0.2) is 59.8 Å². The number of carbonyl (C=O) groups is 1. The van der Waals surface area contributed by atoms with Gasteiger partial charge < -0.3 is 19.3 Å². The van der Waals surface area contributed by atoms with Gasteiger partial charge in [0.05, 0.1) is 19.8 Å². The predicted octanol–water partition coefficient (Wildman–Crippen LogP) is 1.31. The van der Waals surface area contributed by atoms with E-state index < -0.39 is 23.1 Å². The largest absolute Gasteiger partial charge is 0.473 e. The number of fused-ring (bicyclic) bond motifs is 1. The highest BCUT2D eigenvalue weighted by Crippen LogP contribution is 2.23. The van der Waals surface area contributed by atoms with Crippen molar-refractivity contribution in [1.82, 2.24) is 14.5 Å². The SMILES string of the molecule is O=C(CN1CCCn2c1cc(OCc1cc(F)c(F)c(F)c1)nc2=O)N1CCOCC1. The molecule has 1 fully saturated rings. The fraction of sp³-hybridized carbons (Fsp3) is 0.450. The van der Waals surface area contributed by atoms with Crippen LogP contribution in [0.5, 0.6) is 5.88 Å². The van der Waals surface area contributed by atoms with Crippen LogP contribution in [0.25, 0.3) is 0 Å². The summed E-state index contributed by atoms with van der Waals surface area (Å²) in [6.07, 6.45) is 0.680. The van der Waals surface area contributed by atoms with Crippen LogP contribution in [0.4, 0.5) is 19.0 Å². The van der Waals surface area contributed by atoms with Crippen LogP contribution >= 0.6 is 0 Å². The van der Waals surface area contributed by atoms with Gasteiger partial charge in [0.25, 0.3) is 0 Å². The highest BCUT2D eigenvalue weighted by molar-refractivity contribution is 5.81. The fourth-order valence-corrected chi connectivity index (χ4v) is 3.64. The number of halogens is 3. The quantitative estimate of drug-likeness (QED) is 0.656. The van der Waals surface area contributed by atoms with E-state index in [0.29, 0.717) is 51.6 Å². The fourth-order valence-electron chi connectivity index (χ4n) is 3.64. The van der Waals surface area contributed by atoms with E-state index in [-0.39, 0.29) is 30.5 Å². The molecule has 0 bridgehead atoms. The molecule has 1 amide bonds. The normalized spacial score (nSPS) is 16.2. The Morgan fingerprint density at radius 1 is 1.06 bits per heavy atom. The van der Waals surface area contributed by atoms with E-state index in [0.717, 1.165) is 12.1 Å². The molecule has 1 saturated heterocycles. The van der Waals surface area contributed by atoms with Crippen molar-refractivity contribution in [2.75, 3.05) is 44.3 Å². The maximum atomic E-state index is 13.4. The zero-order valence-corrected chi connectivity index (χ0v) is 16.7. The minimum atomic E-state index is -1.56. The van der Waals surface area contributed by atoms with Gasteiger partial charge in [0.2, 0.25) is 11.8 Å². The van der Waals surface area contributed by atoms with Crippen molar-refractivity contribution in [3.05, 3.63) is 51.7 Å². The molecular formula is C20H21F3N4O4. The summed E-state index contributed by atoms with van der Waals surface area (Å²) in [4.78, 5) is 32.4. The molecule has 2 aliphatic heterocycles. The van der Waals surface area contributed by atoms with Gasteiger partial charge in [-0.05, 0) is 24.1 Å². The minimum Gasteiger partial charge on any atom is -0.473 e. The summed E-state index contributed by atoms with van der Waals surface area (Å²) in [5.74, 6) is -3.85. The van der Waals surface area contributed by atoms with E-state index in [2.05, 4.69) is 4.98 Å². The molecule has 0 radical (unpaired) electrons. The molecule has 11 heteroatoms. The molecule has 8 nitrogen and oxygen atoms in total.